The summed E-state index contributed by atoms with van der Waals surface area (Å²) < 4.78 is 5.32. The summed E-state index contributed by atoms with van der Waals surface area (Å²) in [5.41, 5.74) is 1.85. The van der Waals surface area contributed by atoms with Gasteiger partial charge >= 0.3 is 5.97 Å². The molecule has 0 amide bonds. The number of ether oxygens (including phenoxy) is 1. The molecular weight excluding hydrogens is 238 g/mol. The maximum atomic E-state index is 11.9. The molecule has 3 heteroatoms. The van der Waals surface area contributed by atoms with E-state index in [1.807, 2.05) is 39.0 Å². The maximum absolute atomic E-state index is 11.9. The third-order valence-electron chi connectivity index (χ3n) is 3.78. The summed E-state index contributed by atoms with van der Waals surface area (Å²) in [4.78, 5) is 11.9. The number of esters is 1. The van der Waals surface area contributed by atoms with Gasteiger partial charge in [-0.2, -0.15) is 5.26 Å². The van der Waals surface area contributed by atoms with E-state index in [2.05, 4.69) is 6.07 Å². The molecule has 3 nitrogen and oxygen atoms in total. The Balaban J connectivity index is 2.43. The molecule has 0 unspecified atom stereocenters. The largest absolute Gasteiger partial charge is 0.426 e. The lowest BCUT2D eigenvalue weighted by Crippen LogP contribution is -2.26. The van der Waals surface area contributed by atoms with Crippen molar-refractivity contribution < 1.29 is 9.53 Å². The molecular formula is C16H13NO2. The van der Waals surface area contributed by atoms with Crippen molar-refractivity contribution in [3.8, 4) is 11.8 Å². The number of benzene rings is 2. The van der Waals surface area contributed by atoms with Crippen LogP contribution < -0.4 is 4.74 Å². The van der Waals surface area contributed by atoms with Gasteiger partial charge in [0.25, 0.3) is 0 Å². The molecule has 0 saturated carbocycles. The monoisotopic (exact) mass is 251 g/mol. The number of nitrogens with zero attached hydrogens (tertiary/aromatic N) is 1. The van der Waals surface area contributed by atoms with Gasteiger partial charge in [0.1, 0.15) is 5.75 Å². The number of carbonyl (C=O) groups is 1. The second-order valence-corrected chi connectivity index (χ2v) is 5.45. The zero-order valence-corrected chi connectivity index (χ0v) is 11.1. The van der Waals surface area contributed by atoms with E-state index in [0.29, 0.717) is 11.3 Å². The highest BCUT2D eigenvalue weighted by molar-refractivity contribution is 6.00. The van der Waals surface area contributed by atoms with Crippen LogP contribution in [0.3, 0.4) is 0 Å². The van der Waals surface area contributed by atoms with E-state index < -0.39 is 5.41 Å². The number of hydrogen-bond acceptors (Lipinski definition) is 3. The topological polar surface area (TPSA) is 50.1 Å². The first-order valence-corrected chi connectivity index (χ1v) is 6.15. The second kappa shape index (κ2) is 3.58. The molecule has 2 aromatic rings. The van der Waals surface area contributed by atoms with Crippen molar-refractivity contribution >= 4 is 16.7 Å². The molecule has 0 fully saturated rings. The number of fused-ring (bicyclic) bond motifs is 3. The molecule has 94 valence electrons. The quantitative estimate of drug-likeness (QED) is 0.533. The Kier molecular flexibility index (Phi) is 2.21. The summed E-state index contributed by atoms with van der Waals surface area (Å²) in [6.45, 7) is 5.64. The van der Waals surface area contributed by atoms with Crippen molar-refractivity contribution in [2.45, 2.75) is 26.2 Å². The average molecular weight is 251 g/mol. The summed E-state index contributed by atoms with van der Waals surface area (Å²) in [5.74, 6) is 0.406. The molecule has 0 N–H and O–H groups in total. The smallest absolute Gasteiger partial charge is 0.321 e. The first-order chi connectivity index (χ1) is 8.95. The van der Waals surface area contributed by atoms with Gasteiger partial charge in [0.05, 0.1) is 17.0 Å². The molecule has 1 aliphatic heterocycles. The van der Waals surface area contributed by atoms with Crippen LogP contribution in [0.1, 0.15) is 30.5 Å². The van der Waals surface area contributed by atoms with Crippen molar-refractivity contribution in [3.05, 3.63) is 41.0 Å². The lowest BCUT2D eigenvalue weighted by Gasteiger charge is -2.16. The fourth-order valence-electron chi connectivity index (χ4n) is 2.64. The predicted octanol–water partition coefficient (Wildman–Crippen LogP) is 3.22. The van der Waals surface area contributed by atoms with Crippen LogP contribution in [-0.2, 0) is 10.2 Å². The maximum Gasteiger partial charge on any atom is 0.321 e. The van der Waals surface area contributed by atoms with Crippen LogP contribution in [-0.4, -0.2) is 5.97 Å². The van der Waals surface area contributed by atoms with Crippen LogP contribution in [0.4, 0.5) is 0 Å². The Bertz CT molecular complexity index is 766. The van der Waals surface area contributed by atoms with E-state index in [1.54, 1.807) is 6.07 Å². The Labute approximate surface area is 111 Å². The van der Waals surface area contributed by atoms with Gasteiger partial charge in [0.2, 0.25) is 0 Å². The van der Waals surface area contributed by atoms with Crippen LogP contribution in [0, 0.1) is 18.3 Å². The van der Waals surface area contributed by atoms with E-state index in [4.69, 9.17) is 10.00 Å². The summed E-state index contributed by atoms with van der Waals surface area (Å²) in [6.07, 6.45) is 0. The third-order valence-corrected chi connectivity index (χ3v) is 3.78. The molecule has 19 heavy (non-hydrogen) atoms. The van der Waals surface area contributed by atoms with Crippen LogP contribution in [0.25, 0.3) is 10.8 Å². The Morgan fingerprint density at radius 3 is 2.68 bits per heavy atom. The summed E-state index contributed by atoms with van der Waals surface area (Å²) in [5, 5.41) is 11.0. The Hall–Kier alpha value is -2.34. The first kappa shape index (κ1) is 11.7. The van der Waals surface area contributed by atoms with Gasteiger partial charge in [-0.15, -0.1) is 0 Å². The first-order valence-electron chi connectivity index (χ1n) is 6.15. The zero-order valence-electron chi connectivity index (χ0n) is 11.1. The molecule has 0 atom stereocenters. The van der Waals surface area contributed by atoms with E-state index in [9.17, 15) is 4.79 Å². The Morgan fingerprint density at radius 1 is 1.26 bits per heavy atom. The normalized spacial score (nSPS) is 16.0. The van der Waals surface area contributed by atoms with Crippen molar-refractivity contribution in [1.82, 2.24) is 0 Å². The summed E-state index contributed by atoms with van der Waals surface area (Å²) in [6, 6.07) is 9.72. The van der Waals surface area contributed by atoms with Crippen molar-refractivity contribution in [3.63, 3.8) is 0 Å². The van der Waals surface area contributed by atoms with Gasteiger partial charge in [0.15, 0.2) is 0 Å². The van der Waals surface area contributed by atoms with Gasteiger partial charge in [-0.3, -0.25) is 4.79 Å². The standard InChI is InChI=1S/C16H13NO2/c1-9-6-12-10(7-11(9)8-17)4-5-13-14(12)16(2,3)15(18)19-13/h4-7H,1-3H3. The Morgan fingerprint density at radius 2 is 2.00 bits per heavy atom. The van der Waals surface area contributed by atoms with Crippen molar-refractivity contribution in [2.24, 2.45) is 0 Å². The number of rotatable bonds is 0. The third kappa shape index (κ3) is 1.47. The lowest BCUT2D eigenvalue weighted by molar-refractivity contribution is -0.137. The highest BCUT2D eigenvalue weighted by Gasteiger charge is 2.42. The van der Waals surface area contributed by atoms with Gasteiger partial charge < -0.3 is 4.74 Å². The molecule has 0 aliphatic carbocycles. The van der Waals surface area contributed by atoms with E-state index >= 15 is 0 Å². The van der Waals surface area contributed by atoms with E-state index in [0.717, 1.165) is 21.9 Å². The predicted molar refractivity (Wildman–Crippen MR) is 72.1 cm³/mol. The van der Waals surface area contributed by atoms with Crippen molar-refractivity contribution in [1.29, 1.82) is 5.26 Å². The average Bonchev–Trinajstić information content (AvgIpc) is 2.59. The number of aryl methyl sites for hydroxylation is 1. The molecule has 0 aromatic heterocycles. The van der Waals surface area contributed by atoms with Gasteiger partial charge in [0, 0.05) is 5.56 Å². The van der Waals surface area contributed by atoms with E-state index in [-0.39, 0.29) is 5.97 Å². The van der Waals surface area contributed by atoms with Crippen LogP contribution in [0.2, 0.25) is 0 Å². The van der Waals surface area contributed by atoms with E-state index in [1.165, 1.54) is 0 Å². The molecule has 2 aromatic carbocycles. The zero-order chi connectivity index (χ0) is 13.8. The number of nitriles is 1. The second-order valence-electron chi connectivity index (χ2n) is 5.45. The van der Waals surface area contributed by atoms with Gasteiger partial charge in [-0.25, -0.2) is 0 Å². The number of carbonyl (C=O) groups excluding carboxylic acids is 1. The van der Waals surface area contributed by atoms with Crippen LogP contribution in [0.15, 0.2) is 24.3 Å². The van der Waals surface area contributed by atoms with Gasteiger partial charge in [-0.1, -0.05) is 6.07 Å². The van der Waals surface area contributed by atoms with Gasteiger partial charge in [-0.05, 0) is 55.3 Å². The summed E-state index contributed by atoms with van der Waals surface area (Å²) >= 11 is 0. The fraction of sp³-hybridized carbons (Fsp3) is 0.250. The summed E-state index contributed by atoms with van der Waals surface area (Å²) in [7, 11) is 0. The lowest BCUT2D eigenvalue weighted by atomic mass is 9.82. The minimum atomic E-state index is -0.643. The SMILES string of the molecule is Cc1cc2c3c(ccc2cc1C#N)OC(=O)C3(C)C. The molecule has 1 heterocycles. The molecule has 0 radical (unpaired) electrons. The van der Waals surface area contributed by atoms with Crippen LogP contribution in [0.5, 0.6) is 5.75 Å². The number of hydrogen-bond donors (Lipinski definition) is 0. The molecule has 0 saturated heterocycles. The fourth-order valence-corrected chi connectivity index (χ4v) is 2.64. The minimum absolute atomic E-state index is 0.225. The highest BCUT2D eigenvalue weighted by Crippen LogP contribution is 2.44. The van der Waals surface area contributed by atoms with Crippen LogP contribution >= 0.6 is 0 Å². The van der Waals surface area contributed by atoms with Crippen molar-refractivity contribution in [2.75, 3.05) is 0 Å². The minimum Gasteiger partial charge on any atom is -0.426 e. The molecule has 0 spiro atoms. The molecule has 3 rings (SSSR count). The molecule has 1 aliphatic rings. The highest BCUT2D eigenvalue weighted by atomic mass is 16.5. The molecule has 0 bridgehead atoms.